The van der Waals surface area contributed by atoms with E-state index in [1.54, 1.807) is 0 Å². The maximum atomic E-state index is 10.5. The third-order valence-electron chi connectivity index (χ3n) is 4.29. The summed E-state index contributed by atoms with van der Waals surface area (Å²) in [6.07, 6.45) is 2.08. The monoisotopic (exact) mass is 302 g/mol. The maximum absolute atomic E-state index is 10.5. The third kappa shape index (κ3) is 2.30. The van der Waals surface area contributed by atoms with Gasteiger partial charge >= 0.3 is 0 Å². The largest absolute Gasteiger partial charge is 0.387 e. The van der Waals surface area contributed by atoms with E-state index < -0.39 is 6.10 Å². The zero-order chi connectivity index (χ0) is 15.8. The number of nitrogens with zero attached hydrogens (tertiary/aromatic N) is 2. The minimum absolute atomic E-state index is 0.533. The van der Waals surface area contributed by atoms with E-state index in [1.807, 2.05) is 47.9 Å². The van der Waals surface area contributed by atoms with E-state index in [9.17, 15) is 5.11 Å². The first-order chi connectivity index (χ1) is 11.3. The van der Waals surface area contributed by atoms with Gasteiger partial charge in [0.15, 0.2) is 0 Å². The van der Waals surface area contributed by atoms with Crippen LogP contribution >= 0.6 is 0 Å². The van der Waals surface area contributed by atoms with E-state index in [0.29, 0.717) is 6.42 Å². The van der Waals surface area contributed by atoms with Crippen LogP contribution in [0, 0.1) is 0 Å². The van der Waals surface area contributed by atoms with Crippen molar-refractivity contribution in [2.24, 2.45) is 0 Å². The Balaban J connectivity index is 1.99. The van der Waals surface area contributed by atoms with Crippen LogP contribution in [0.15, 0.2) is 66.9 Å². The molecular formula is C20H18N2O. The molecule has 1 N–H and O–H groups in total. The third-order valence-corrected chi connectivity index (χ3v) is 4.29. The maximum Gasteiger partial charge on any atom is 0.137 e. The molecule has 0 radical (unpaired) electrons. The molecule has 0 aliphatic carbocycles. The molecule has 0 aliphatic heterocycles. The van der Waals surface area contributed by atoms with Crippen LogP contribution in [-0.2, 0) is 0 Å². The number of pyridine rings is 1. The van der Waals surface area contributed by atoms with Crippen LogP contribution in [-0.4, -0.2) is 14.5 Å². The van der Waals surface area contributed by atoms with Gasteiger partial charge in [-0.1, -0.05) is 49.4 Å². The van der Waals surface area contributed by atoms with E-state index >= 15 is 0 Å². The van der Waals surface area contributed by atoms with Crippen LogP contribution in [0.2, 0.25) is 0 Å². The zero-order valence-electron chi connectivity index (χ0n) is 13.0. The summed E-state index contributed by atoms with van der Waals surface area (Å²) in [5, 5.41) is 12.9. The van der Waals surface area contributed by atoms with Gasteiger partial charge in [0.2, 0.25) is 0 Å². The molecular weight excluding hydrogens is 284 g/mol. The molecule has 1 atom stereocenters. The number of aromatic nitrogens is 2. The summed E-state index contributed by atoms with van der Waals surface area (Å²) in [4.78, 5) is 4.76. The number of aliphatic hydroxyl groups is 1. The number of fused-ring (bicyclic) bond motifs is 2. The fourth-order valence-corrected chi connectivity index (χ4v) is 3.08. The Bertz CT molecular complexity index is 987. The lowest BCUT2D eigenvalue weighted by Gasteiger charge is -2.11. The zero-order valence-corrected chi connectivity index (χ0v) is 13.0. The number of aliphatic hydroxyl groups excluding tert-OH is 1. The first-order valence-electron chi connectivity index (χ1n) is 7.92. The lowest BCUT2D eigenvalue weighted by atomic mass is 10.0. The van der Waals surface area contributed by atoms with Gasteiger partial charge in [-0.25, -0.2) is 4.98 Å². The average Bonchev–Trinajstić information content (AvgIpc) is 3.00. The van der Waals surface area contributed by atoms with E-state index in [0.717, 1.165) is 22.6 Å². The van der Waals surface area contributed by atoms with Crippen molar-refractivity contribution in [1.29, 1.82) is 0 Å². The highest BCUT2D eigenvalue weighted by Gasteiger charge is 2.19. The van der Waals surface area contributed by atoms with Crippen LogP contribution in [0.1, 0.15) is 25.1 Å². The second kappa shape index (κ2) is 5.52. The second-order valence-electron chi connectivity index (χ2n) is 5.76. The summed E-state index contributed by atoms with van der Waals surface area (Å²) in [6.45, 7) is 1.98. The molecule has 3 heteroatoms. The van der Waals surface area contributed by atoms with Crippen molar-refractivity contribution >= 4 is 16.4 Å². The molecule has 0 aliphatic rings. The summed E-state index contributed by atoms with van der Waals surface area (Å²) in [5.74, 6) is 0. The predicted octanol–water partition coefficient (Wildman–Crippen LogP) is 4.60. The second-order valence-corrected chi connectivity index (χ2v) is 5.76. The van der Waals surface area contributed by atoms with Gasteiger partial charge in [0, 0.05) is 11.8 Å². The first kappa shape index (κ1) is 14.0. The topological polar surface area (TPSA) is 37.5 Å². The van der Waals surface area contributed by atoms with Crippen molar-refractivity contribution in [3.05, 3.63) is 72.6 Å². The van der Waals surface area contributed by atoms with Gasteiger partial charge in [0.1, 0.15) is 5.65 Å². The van der Waals surface area contributed by atoms with Crippen LogP contribution in [0.3, 0.4) is 0 Å². The van der Waals surface area contributed by atoms with E-state index in [-0.39, 0.29) is 0 Å². The highest BCUT2D eigenvalue weighted by atomic mass is 16.3. The Hall–Kier alpha value is -2.65. The molecule has 4 aromatic rings. The van der Waals surface area contributed by atoms with Crippen molar-refractivity contribution in [3.8, 4) is 11.3 Å². The molecule has 4 rings (SSSR count). The van der Waals surface area contributed by atoms with Crippen molar-refractivity contribution < 1.29 is 5.11 Å². The Morgan fingerprint density at radius 3 is 2.61 bits per heavy atom. The smallest absolute Gasteiger partial charge is 0.137 e. The van der Waals surface area contributed by atoms with E-state index in [4.69, 9.17) is 4.98 Å². The molecule has 2 aromatic heterocycles. The van der Waals surface area contributed by atoms with Crippen LogP contribution in [0.25, 0.3) is 27.7 Å². The van der Waals surface area contributed by atoms with Gasteiger partial charge in [-0.15, -0.1) is 0 Å². The summed E-state index contributed by atoms with van der Waals surface area (Å²) in [6, 6.07) is 20.5. The Morgan fingerprint density at radius 1 is 1.00 bits per heavy atom. The number of benzene rings is 2. The Morgan fingerprint density at radius 2 is 1.78 bits per heavy atom. The van der Waals surface area contributed by atoms with E-state index in [1.165, 1.54) is 10.8 Å². The average molecular weight is 302 g/mol. The van der Waals surface area contributed by atoms with Crippen molar-refractivity contribution in [3.63, 3.8) is 0 Å². The SMILES string of the molecule is CCC(O)c1c(-c2ccc3ccccc3c2)nc2ccccn12. The summed E-state index contributed by atoms with van der Waals surface area (Å²) >= 11 is 0. The molecule has 114 valence electrons. The van der Waals surface area contributed by atoms with Crippen molar-refractivity contribution in [2.45, 2.75) is 19.4 Å². The van der Waals surface area contributed by atoms with Gasteiger partial charge < -0.3 is 9.51 Å². The van der Waals surface area contributed by atoms with Gasteiger partial charge in [0.25, 0.3) is 0 Å². The summed E-state index contributed by atoms with van der Waals surface area (Å²) in [5.41, 5.74) is 3.61. The highest BCUT2D eigenvalue weighted by molar-refractivity contribution is 5.87. The minimum Gasteiger partial charge on any atom is -0.387 e. The van der Waals surface area contributed by atoms with Crippen molar-refractivity contribution in [2.75, 3.05) is 0 Å². The molecule has 0 spiro atoms. The lowest BCUT2D eigenvalue weighted by Crippen LogP contribution is -2.02. The van der Waals surface area contributed by atoms with Gasteiger partial charge in [0.05, 0.1) is 17.5 Å². The molecule has 0 saturated heterocycles. The number of rotatable bonds is 3. The van der Waals surface area contributed by atoms with Gasteiger partial charge in [-0.2, -0.15) is 0 Å². The lowest BCUT2D eigenvalue weighted by molar-refractivity contribution is 0.168. The Kier molecular flexibility index (Phi) is 3.36. The molecule has 1 unspecified atom stereocenters. The quantitative estimate of drug-likeness (QED) is 0.600. The molecule has 3 nitrogen and oxygen atoms in total. The minimum atomic E-state index is -0.533. The first-order valence-corrected chi connectivity index (χ1v) is 7.92. The number of hydrogen-bond donors (Lipinski definition) is 1. The Labute approximate surface area is 134 Å². The molecule has 0 fully saturated rings. The number of hydrogen-bond acceptors (Lipinski definition) is 2. The molecule has 0 saturated carbocycles. The normalized spacial score (nSPS) is 12.8. The van der Waals surface area contributed by atoms with Crippen molar-refractivity contribution in [1.82, 2.24) is 9.38 Å². The molecule has 0 bridgehead atoms. The fourth-order valence-electron chi connectivity index (χ4n) is 3.08. The summed E-state index contributed by atoms with van der Waals surface area (Å²) in [7, 11) is 0. The molecule has 2 aromatic carbocycles. The highest BCUT2D eigenvalue weighted by Crippen LogP contribution is 2.32. The van der Waals surface area contributed by atoms with Crippen LogP contribution < -0.4 is 0 Å². The molecule has 2 heterocycles. The van der Waals surface area contributed by atoms with Gasteiger partial charge in [-0.3, -0.25) is 0 Å². The van der Waals surface area contributed by atoms with Crippen LogP contribution in [0.5, 0.6) is 0 Å². The molecule has 23 heavy (non-hydrogen) atoms. The van der Waals surface area contributed by atoms with Gasteiger partial charge in [-0.05, 0) is 35.4 Å². The number of imidazole rings is 1. The molecule has 0 amide bonds. The standard InChI is InChI=1S/C20H18N2O/c1-2-17(23)20-19(21-18-9-5-6-12-22(18)20)16-11-10-14-7-3-4-8-15(14)13-16/h3-13,17,23H,2H2,1H3. The fraction of sp³-hybridized carbons (Fsp3) is 0.150. The van der Waals surface area contributed by atoms with E-state index in [2.05, 4.69) is 30.3 Å². The predicted molar refractivity (Wildman–Crippen MR) is 93.4 cm³/mol. The van der Waals surface area contributed by atoms with Crippen LogP contribution in [0.4, 0.5) is 0 Å². The summed E-state index contributed by atoms with van der Waals surface area (Å²) < 4.78 is 1.98.